The Bertz CT molecular complexity index is 315. The van der Waals surface area contributed by atoms with Crippen LogP contribution in [0, 0.1) is 0 Å². The highest BCUT2D eigenvalue weighted by Gasteiger charge is 2.30. The van der Waals surface area contributed by atoms with E-state index in [0.717, 1.165) is 0 Å². The van der Waals surface area contributed by atoms with E-state index in [1.54, 1.807) is 0 Å². The van der Waals surface area contributed by atoms with Gasteiger partial charge in [0.25, 0.3) is 0 Å². The Labute approximate surface area is 107 Å². The van der Waals surface area contributed by atoms with Gasteiger partial charge in [0.2, 0.25) is 0 Å². The number of piperidine rings is 1. The van der Waals surface area contributed by atoms with Crippen molar-refractivity contribution in [3.05, 3.63) is 35.9 Å². The normalized spacial score (nSPS) is 20.9. The van der Waals surface area contributed by atoms with Crippen LogP contribution in [0.25, 0.3) is 0 Å². The quantitative estimate of drug-likeness (QED) is 0.767. The van der Waals surface area contributed by atoms with Gasteiger partial charge < -0.3 is 4.90 Å². The smallest absolute Gasteiger partial charge is 0.0285 e. The fourth-order valence-electron chi connectivity index (χ4n) is 2.28. The van der Waals surface area contributed by atoms with Gasteiger partial charge in [-0.2, -0.15) is 0 Å². The minimum absolute atomic E-state index is 0.384. The fraction of sp³-hybridized carbons (Fsp3) is 0.571. The molecule has 0 radical (unpaired) electrons. The zero-order chi connectivity index (χ0) is 11.4. The highest BCUT2D eigenvalue weighted by Crippen LogP contribution is 2.35. The number of rotatable bonds is 3. The first-order valence-electron chi connectivity index (χ1n) is 6.09. The van der Waals surface area contributed by atoms with Crippen molar-refractivity contribution in [3.8, 4) is 0 Å². The largest absolute Gasteiger partial charge is 0.306 e. The maximum Gasteiger partial charge on any atom is 0.0285 e. The molecule has 2 rings (SSSR count). The van der Waals surface area contributed by atoms with Crippen LogP contribution in [0.15, 0.2) is 30.3 Å². The van der Waals surface area contributed by atoms with Crippen molar-refractivity contribution in [1.29, 1.82) is 0 Å². The molecule has 0 spiro atoms. The first-order valence-corrected chi connectivity index (χ1v) is 6.89. The minimum Gasteiger partial charge on any atom is -0.306 e. The summed E-state index contributed by atoms with van der Waals surface area (Å²) in [5.74, 6) is 0. The van der Waals surface area contributed by atoms with E-state index in [9.17, 15) is 0 Å². The third-order valence-corrected chi connectivity index (χ3v) is 4.78. The summed E-state index contributed by atoms with van der Waals surface area (Å²) < 4.78 is 0.384. The van der Waals surface area contributed by atoms with Gasteiger partial charge in [-0.15, -0.1) is 0 Å². The molecule has 1 aliphatic heterocycles. The van der Waals surface area contributed by atoms with Crippen LogP contribution in [0.2, 0.25) is 0 Å². The fourth-order valence-corrected chi connectivity index (χ4v) is 2.84. The van der Waals surface area contributed by atoms with Gasteiger partial charge in [0.15, 0.2) is 0 Å². The number of halogens is 1. The van der Waals surface area contributed by atoms with Crippen LogP contribution in [0.4, 0.5) is 0 Å². The van der Waals surface area contributed by atoms with E-state index in [1.165, 1.54) is 44.3 Å². The molecule has 2 heteroatoms. The van der Waals surface area contributed by atoms with Crippen molar-refractivity contribution in [2.45, 2.75) is 30.0 Å². The second-order valence-corrected chi connectivity index (χ2v) is 6.62. The SMILES string of the molecule is CN1CCC(Br)(CCc2ccccc2)CC1. The number of likely N-dealkylation sites (tertiary alicyclic amines) is 1. The first kappa shape index (κ1) is 12.1. The molecule has 0 aliphatic carbocycles. The Morgan fingerprint density at radius 2 is 1.81 bits per heavy atom. The molecule has 0 N–H and O–H groups in total. The predicted molar refractivity (Wildman–Crippen MR) is 73.2 cm³/mol. The molecular weight excluding hydrogens is 262 g/mol. The molecule has 1 nitrogen and oxygen atoms in total. The molecule has 16 heavy (non-hydrogen) atoms. The zero-order valence-corrected chi connectivity index (χ0v) is 11.5. The summed E-state index contributed by atoms with van der Waals surface area (Å²) in [6, 6.07) is 10.8. The van der Waals surface area contributed by atoms with Gasteiger partial charge >= 0.3 is 0 Å². The summed E-state index contributed by atoms with van der Waals surface area (Å²) in [5.41, 5.74) is 1.46. The third kappa shape index (κ3) is 3.33. The van der Waals surface area contributed by atoms with E-state index in [1.807, 2.05) is 0 Å². The summed E-state index contributed by atoms with van der Waals surface area (Å²) in [5, 5.41) is 0. The standard InChI is InChI=1S/C14H20BrN/c1-16-11-9-14(15,10-12-16)8-7-13-5-3-2-4-6-13/h2-6H,7-12H2,1H3. The Morgan fingerprint density at radius 1 is 1.19 bits per heavy atom. The van der Waals surface area contributed by atoms with E-state index in [2.05, 4.69) is 58.2 Å². The van der Waals surface area contributed by atoms with Crippen LogP contribution in [-0.2, 0) is 6.42 Å². The molecule has 1 saturated heterocycles. The molecule has 0 aromatic heterocycles. The Balaban J connectivity index is 1.85. The average Bonchev–Trinajstić information content (AvgIpc) is 2.33. The van der Waals surface area contributed by atoms with E-state index >= 15 is 0 Å². The molecule has 1 fully saturated rings. The highest BCUT2D eigenvalue weighted by molar-refractivity contribution is 9.10. The zero-order valence-electron chi connectivity index (χ0n) is 9.95. The molecule has 0 unspecified atom stereocenters. The number of hydrogen-bond acceptors (Lipinski definition) is 1. The molecule has 1 aliphatic rings. The summed E-state index contributed by atoms with van der Waals surface area (Å²) in [6.45, 7) is 2.44. The van der Waals surface area contributed by atoms with Gasteiger partial charge in [-0.25, -0.2) is 0 Å². The van der Waals surface area contributed by atoms with Crippen LogP contribution in [0.1, 0.15) is 24.8 Å². The lowest BCUT2D eigenvalue weighted by Gasteiger charge is -2.36. The second kappa shape index (κ2) is 5.33. The van der Waals surface area contributed by atoms with Gasteiger partial charge in [0.1, 0.15) is 0 Å². The van der Waals surface area contributed by atoms with Crippen molar-refractivity contribution >= 4 is 15.9 Å². The molecule has 1 heterocycles. The highest BCUT2D eigenvalue weighted by atomic mass is 79.9. The number of nitrogens with zero attached hydrogens (tertiary/aromatic N) is 1. The predicted octanol–water partition coefficient (Wildman–Crippen LogP) is 3.48. The lowest BCUT2D eigenvalue weighted by Crippen LogP contribution is -2.38. The Kier molecular flexibility index (Phi) is 4.04. The van der Waals surface area contributed by atoms with Crippen LogP contribution in [-0.4, -0.2) is 29.4 Å². The summed E-state index contributed by atoms with van der Waals surface area (Å²) >= 11 is 3.95. The summed E-state index contributed by atoms with van der Waals surface area (Å²) in [7, 11) is 2.21. The number of aryl methyl sites for hydroxylation is 1. The average molecular weight is 282 g/mol. The molecular formula is C14H20BrN. The van der Waals surface area contributed by atoms with Crippen molar-refractivity contribution in [2.24, 2.45) is 0 Å². The van der Waals surface area contributed by atoms with Crippen molar-refractivity contribution in [1.82, 2.24) is 4.90 Å². The maximum atomic E-state index is 3.95. The van der Waals surface area contributed by atoms with Gasteiger partial charge in [-0.3, -0.25) is 0 Å². The van der Waals surface area contributed by atoms with E-state index in [-0.39, 0.29) is 0 Å². The van der Waals surface area contributed by atoms with Crippen molar-refractivity contribution < 1.29 is 0 Å². The minimum atomic E-state index is 0.384. The lowest BCUT2D eigenvalue weighted by molar-refractivity contribution is 0.236. The van der Waals surface area contributed by atoms with Crippen molar-refractivity contribution in [3.63, 3.8) is 0 Å². The van der Waals surface area contributed by atoms with E-state index < -0.39 is 0 Å². The van der Waals surface area contributed by atoms with E-state index in [0.29, 0.717) is 4.32 Å². The summed E-state index contributed by atoms with van der Waals surface area (Å²) in [6.07, 6.45) is 4.99. The summed E-state index contributed by atoms with van der Waals surface area (Å²) in [4.78, 5) is 2.42. The van der Waals surface area contributed by atoms with Gasteiger partial charge in [-0.05, 0) is 51.4 Å². The molecule has 0 amide bonds. The van der Waals surface area contributed by atoms with Crippen LogP contribution >= 0.6 is 15.9 Å². The van der Waals surface area contributed by atoms with Gasteiger partial charge in [-0.1, -0.05) is 46.3 Å². The lowest BCUT2D eigenvalue weighted by atomic mass is 9.90. The first-order chi connectivity index (χ1) is 7.68. The molecule has 0 saturated carbocycles. The Morgan fingerprint density at radius 3 is 2.44 bits per heavy atom. The second-order valence-electron chi connectivity index (χ2n) is 4.94. The molecule has 88 valence electrons. The topological polar surface area (TPSA) is 3.24 Å². The van der Waals surface area contributed by atoms with Crippen molar-refractivity contribution in [2.75, 3.05) is 20.1 Å². The van der Waals surface area contributed by atoms with Crippen LogP contribution in [0.3, 0.4) is 0 Å². The van der Waals surface area contributed by atoms with Crippen LogP contribution < -0.4 is 0 Å². The van der Waals surface area contributed by atoms with E-state index in [4.69, 9.17) is 0 Å². The third-order valence-electron chi connectivity index (χ3n) is 3.59. The number of benzene rings is 1. The van der Waals surface area contributed by atoms with Gasteiger partial charge in [0, 0.05) is 4.32 Å². The maximum absolute atomic E-state index is 3.95. The Hall–Kier alpha value is -0.340. The monoisotopic (exact) mass is 281 g/mol. The molecule has 0 bridgehead atoms. The molecule has 0 atom stereocenters. The number of alkyl halides is 1. The molecule has 1 aromatic carbocycles. The molecule has 1 aromatic rings. The number of hydrogen-bond donors (Lipinski definition) is 0. The van der Waals surface area contributed by atoms with Crippen LogP contribution in [0.5, 0.6) is 0 Å². The van der Waals surface area contributed by atoms with Gasteiger partial charge in [0.05, 0.1) is 0 Å².